The van der Waals surface area contributed by atoms with Gasteiger partial charge in [-0.3, -0.25) is 14.5 Å². The molecule has 6 heteroatoms. The second-order valence-corrected chi connectivity index (χ2v) is 7.22. The van der Waals surface area contributed by atoms with Crippen LogP contribution in [0.25, 0.3) is 0 Å². The third-order valence-electron chi connectivity index (χ3n) is 5.25. The third-order valence-corrected chi connectivity index (χ3v) is 5.25. The summed E-state index contributed by atoms with van der Waals surface area (Å²) in [5.41, 5.74) is 0.846. The number of carbonyl (C=O) groups is 2. The van der Waals surface area contributed by atoms with Crippen LogP contribution < -0.4 is 5.32 Å². The zero-order chi connectivity index (χ0) is 18.2. The standard InChI is InChI=1S/C20H30N4O2/c25-19(21-18-7-3-1-4-8-18)9-12-22-13-15-23(16-14-22)17-20(26)24-10-5-2-6-11-24/h1,3-4,7-8H,2,5-6,9-17H2,(H,21,25). The molecule has 142 valence electrons. The first-order chi connectivity index (χ1) is 12.7. The first-order valence-electron chi connectivity index (χ1n) is 9.78. The fourth-order valence-corrected chi connectivity index (χ4v) is 3.61. The predicted molar refractivity (Wildman–Crippen MR) is 103 cm³/mol. The predicted octanol–water partition coefficient (Wildman–Crippen LogP) is 1.65. The largest absolute Gasteiger partial charge is 0.342 e. The van der Waals surface area contributed by atoms with E-state index in [1.165, 1.54) is 6.42 Å². The minimum Gasteiger partial charge on any atom is -0.342 e. The Morgan fingerprint density at radius 2 is 1.50 bits per heavy atom. The van der Waals surface area contributed by atoms with Crippen LogP contribution in [-0.2, 0) is 9.59 Å². The van der Waals surface area contributed by atoms with Crippen molar-refractivity contribution in [1.82, 2.24) is 14.7 Å². The van der Waals surface area contributed by atoms with Crippen molar-refractivity contribution in [2.45, 2.75) is 25.7 Å². The molecule has 2 aliphatic rings. The summed E-state index contributed by atoms with van der Waals surface area (Å²) in [5.74, 6) is 0.333. The normalized spacial score (nSPS) is 19.3. The van der Waals surface area contributed by atoms with Gasteiger partial charge in [0.05, 0.1) is 6.54 Å². The Bertz CT molecular complexity index is 579. The molecule has 2 saturated heterocycles. The number of piperazine rings is 1. The van der Waals surface area contributed by atoms with Gasteiger partial charge in [0.25, 0.3) is 0 Å². The minimum absolute atomic E-state index is 0.0545. The molecule has 0 aromatic heterocycles. The molecule has 2 fully saturated rings. The first-order valence-corrected chi connectivity index (χ1v) is 9.78. The number of rotatable bonds is 6. The molecule has 0 unspecified atom stereocenters. The van der Waals surface area contributed by atoms with Crippen LogP contribution in [0.2, 0.25) is 0 Å². The Morgan fingerprint density at radius 3 is 2.19 bits per heavy atom. The zero-order valence-electron chi connectivity index (χ0n) is 15.5. The number of likely N-dealkylation sites (tertiary alicyclic amines) is 1. The average Bonchev–Trinajstić information content (AvgIpc) is 2.69. The number of piperidine rings is 1. The van der Waals surface area contributed by atoms with Gasteiger partial charge in [-0.1, -0.05) is 18.2 Å². The molecule has 0 atom stereocenters. The molecule has 3 rings (SSSR count). The van der Waals surface area contributed by atoms with E-state index in [1.807, 2.05) is 35.2 Å². The molecule has 2 heterocycles. The van der Waals surface area contributed by atoms with Gasteiger partial charge in [-0.2, -0.15) is 0 Å². The van der Waals surface area contributed by atoms with E-state index in [-0.39, 0.29) is 11.8 Å². The number of para-hydroxylation sites is 1. The summed E-state index contributed by atoms with van der Waals surface area (Å²) in [7, 11) is 0. The van der Waals surface area contributed by atoms with Gasteiger partial charge in [-0.05, 0) is 31.4 Å². The van der Waals surface area contributed by atoms with Crippen LogP contribution >= 0.6 is 0 Å². The van der Waals surface area contributed by atoms with Gasteiger partial charge in [0.1, 0.15) is 0 Å². The SMILES string of the molecule is O=C(CCN1CCN(CC(=O)N2CCCCC2)CC1)Nc1ccccc1. The van der Waals surface area contributed by atoms with Crippen LogP contribution in [0.3, 0.4) is 0 Å². The number of nitrogens with one attached hydrogen (secondary N) is 1. The summed E-state index contributed by atoms with van der Waals surface area (Å²) in [4.78, 5) is 31.0. The number of benzene rings is 1. The van der Waals surface area contributed by atoms with Crippen molar-refractivity contribution in [1.29, 1.82) is 0 Å². The number of anilines is 1. The highest BCUT2D eigenvalue weighted by atomic mass is 16.2. The van der Waals surface area contributed by atoms with Crippen LogP contribution in [0.5, 0.6) is 0 Å². The summed E-state index contributed by atoms with van der Waals surface area (Å²) < 4.78 is 0. The van der Waals surface area contributed by atoms with E-state index < -0.39 is 0 Å². The molecule has 1 aromatic rings. The number of hydrogen-bond acceptors (Lipinski definition) is 4. The highest BCUT2D eigenvalue weighted by Gasteiger charge is 2.22. The molecule has 0 saturated carbocycles. The van der Waals surface area contributed by atoms with Crippen LogP contribution in [0, 0.1) is 0 Å². The Kier molecular flexibility index (Phi) is 7.03. The first kappa shape index (κ1) is 18.9. The van der Waals surface area contributed by atoms with Crippen molar-refractivity contribution in [2.75, 3.05) is 57.7 Å². The quantitative estimate of drug-likeness (QED) is 0.840. The van der Waals surface area contributed by atoms with E-state index in [0.29, 0.717) is 13.0 Å². The van der Waals surface area contributed by atoms with Crippen molar-refractivity contribution < 1.29 is 9.59 Å². The van der Waals surface area contributed by atoms with Gasteiger partial charge < -0.3 is 15.1 Å². The van der Waals surface area contributed by atoms with Gasteiger partial charge >= 0.3 is 0 Å². The molecule has 0 radical (unpaired) electrons. The molecule has 0 aliphatic carbocycles. The molecule has 6 nitrogen and oxygen atoms in total. The smallest absolute Gasteiger partial charge is 0.236 e. The maximum absolute atomic E-state index is 12.4. The van der Waals surface area contributed by atoms with Gasteiger partial charge in [0, 0.05) is 57.9 Å². The molecule has 1 N–H and O–H groups in total. The lowest BCUT2D eigenvalue weighted by molar-refractivity contribution is -0.133. The third kappa shape index (κ3) is 5.81. The van der Waals surface area contributed by atoms with Gasteiger partial charge in [0.15, 0.2) is 0 Å². The Morgan fingerprint density at radius 1 is 0.846 bits per heavy atom. The summed E-state index contributed by atoms with van der Waals surface area (Å²) in [6, 6.07) is 9.57. The highest BCUT2D eigenvalue weighted by molar-refractivity contribution is 5.90. The summed E-state index contributed by atoms with van der Waals surface area (Å²) in [6.45, 7) is 6.82. The second-order valence-electron chi connectivity index (χ2n) is 7.22. The van der Waals surface area contributed by atoms with E-state index >= 15 is 0 Å². The number of carbonyl (C=O) groups excluding carboxylic acids is 2. The molecule has 0 spiro atoms. The van der Waals surface area contributed by atoms with E-state index in [4.69, 9.17) is 0 Å². The summed E-state index contributed by atoms with van der Waals surface area (Å²) in [5, 5.41) is 2.93. The highest BCUT2D eigenvalue weighted by Crippen LogP contribution is 2.11. The molecular weight excluding hydrogens is 328 g/mol. The maximum Gasteiger partial charge on any atom is 0.236 e. The van der Waals surface area contributed by atoms with E-state index in [2.05, 4.69) is 15.1 Å². The molecule has 26 heavy (non-hydrogen) atoms. The zero-order valence-corrected chi connectivity index (χ0v) is 15.5. The topological polar surface area (TPSA) is 55.9 Å². The number of nitrogens with zero attached hydrogens (tertiary/aromatic N) is 3. The Balaban J connectivity index is 1.32. The lowest BCUT2D eigenvalue weighted by atomic mass is 10.1. The molecule has 1 aromatic carbocycles. The molecule has 2 amide bonds. The maximum atomic E-state index is 12.4. The fraction of sp³-hybridized carbons (Fsp3) is 0.600. The molecule has 2 aliphatic heterocycles. The molecular formula is C20H30N4O2. The Labute approximate surface area is 156 Å². The molecule has 0 bridgehead atoms. The van der Waals surface area contributed by atoms with Gasteiger partial charge in [-0.25, -0.2) is 0 Å². The van der Waals surface area contributed by atoms with Crippen LogP contribution in [-0.4, -0.2) is 78.9 Å². The van der Waals surface area contributed by atoms with Crippen molar-refractivity contribution in [3.05, 3.63) is 30.3 Å². The lowest BCUT2D eigenvalue weighted by Gasteiger charge is -2.36. The number of hydrogen-bond donors (Lipinski definition) is 1. The second kappa shape index (κ2) is 9.69. The van der Waals surface area contributed by atoms with Crippen LogP contribution in [0.15, 0.2) is 30.3 Å². The van der Waals surface area contributed by atoms with E-state index in [0.717, 1.165) is 64.3 Å². The van der Waals surface area contributed by atoms with Crippen molar-refractivity contribution in [2.24, 2.45) is 0 Å². The summed E-state index contributed by atoms with van der Waals surface area (Å²) >= 11 is 0. The lowest BCUT2D eigenvalue weighted by Crippen LogP contribution is -2.51. The van der Waals surface area contributed by atoms with E-state index in [9.17, 15) is 9.59 Å². The summed E-state index contributed by atoms with van der Waals surface area (Å²) in [6.07, 6.45) is 4.04. The monoisotopic (exact) mass is 358 g/mol. The number of amides is 2. The van der Waals surface area contributed by atoms with E-state index in [1.54, 1.807) is 0 Å². The minimum atomic E-state index is 0.0545. The van der Waals surface area contributed by atoms with Gasteiger partial charge in [0.2, 0.25) is 11.8 Å². The fourth-order valence-electron chi connectivity index (χ4n) is 3.61. The Hall–Kier alpha value is -1.92. The van der Waals surface area contributed by atoms with Gasteiger partial charge in [-0.15, -0.1) is 0 Å². The van der Waals surface area contributed by atoms with Crippen molar-refractivity contribution in [3.63, 3.8) is 0 Å². The van der Waals surface area contributed by atoms with Crippen molar-refractivity contribution in [3.8, 4) is 0 Å². The average molecular weight is 358 g/mol. The van der Waals surface area contributed by atoms with Crippen LogP contribution in [0.1, 0.15) is 25.7 Å². The van der Waals surface area contributed by atoms with Crippen LogP contribution in [0.4, 0.5) is 5.69 Å². The van der Waals surface area contributed by atoms with Crippen molar-refractivity contribution >= 4 is 17.5 Å².